The topological polar surface area (TPSA) is 66.4 Å². The van der Waals surface area contributed by atoms with Gasteiger partial charge in [0.2, 0.25) is 13.6 Å². The molecule has 1 fully saturated rings. The number of ether oxygens (including phenoxy) is 5. The Bertz CT molecular complexity index is 835. The summed E-state index contributed by atoms with van der Waals surface area (Å²) in [5, 5.41) is 11.3. The van der Waals surface area contributed by atoms with Gasteiger partial charge in [-0.25, -0.2) is 0 Å². The zero-order valence-corrected chi connectivity index (χ0v) is 14.3. The van der Waals surface area contributed by atoms with E-state index >= 15 is 0 Å². The summed E-state index contributed by atoms with van der Waals surface area (Å²) in [4.78, 5) is 0. The molecule has 2 atom stereocenters. The molecular formula is C20H20O6. The normalized spacial score (nSPS) is 25.7. The van der Waals surface area contributed by atoms with E-state index < -0.39 is 5.60 Å². The van der Waals surface area contributed by atoms with Crippen LogP contribution in [0.15, 0.2) is 36.4 Å². The van der Waals surface area contributed by atoms with Gasteiger partial charge in [-0.3, -0.25) is 0 Å². The smallest absolute Gasteiger partial charge is 0.231 e. The fourth-order valence-corrected chi connectivity index (χ4v) is 3.85. The molecule has 3 aliphatic rings. The quantitative estimate of drug-likeness (QED) is 0.907. The second-order valence-electron chi connectivity index (χ2n) is 7.07. The summed E-state index contributed by atoms with van der Waals surface area (Å²) in [5.74, 6) is 3.03. The van der Waals surface area contributed by atoms with Crippen LogP contribution in [0.3, 0.4) is 0 Å². The van der Waals surface area contributed by atoms with E-state index in [2.05, 4.69) is 0 Å². The van der Waals surface area contributed by atoms with Gasteiger partial charge in [-0.15, -0.1) is 0 Å². The van der Waals surface area contributed by atoms with Crippen molar-refractivity contribution in [3.8, 4) is 23.0 Å². The van der Waals surface area contributed by atoms with E-state index in [-0.39, 0.29) is 19.5 Å². The van der Waals surface area contributed by atoms with Gasteiger partial charge in [-0.1, -0.05) is 12.1 Å². The molecule has 5 rings (SSSR count). The molecule has 6 heteroatoms. The van der Waals surface area contributed by atoms with Crippen LogP contribution >= 0.6 is 0 Å². The highest BCUT2D eigenvalue weighted by Gasteiger charge is 2.42. The molecule has 0 bridgehead atoms. The van der Waals surface area contributed by atoms with Gasteiger partial charge in [-0.05, 0) is 41.8 Å². The van der Waals surface area contributed by atoms with Crippen LogP contribution < -0.4 is 18.9 Å². The SMILES string of the molecule is OC1(Cc2ccc3c(c2)OCO3)COCC1Cc1ccc2c(c1)OCO2. The van der Waals surface area contributed by atoms with E-state index in [0.29, 0.717) is 19.6 Å². The van der Waals surface area contributed by atoms with Gasteiger partial charge in [0.25, 0.3) is 0 Å². The van der Waals surface area contributed by atoms with Gasteiger partial charge >= 0.3 is 0 Å². The molecule has 26 heavy (non-hydrogen) atoms. The molecule has 2 unspecified atom stereocenters. The van der Waals surface area contributed by atoms with Gasteiger partial charge in [0.15, 0.2) is 23.0 Å². The summed E-state index contributed by atoms with van der Waals surface area (Å²) in [6.45, 7) is 1.38. The first-order valence-corrected chi connectivity index (χ1v) is 8.77. The molecule has 6 nitrogen and oxygen atoms in total. The minimum absolute atomic E-state index is 0.00768. The number of benzene rings is 2. The summed E-state index contributed by atoms with van der Waals surface area (Å²) in [6, 6.07) is 11.7. The summed E-state index contributed by atoms with van der Waals surface area (Å²) in [7, 11) is 0. The summed E-state index contributed by atoms with van der Waals surface area (Å²) < 4.78 is 27.2. The third kappa shape index (κ3) is 2.75. The molecule has 2 aromatic carbocycles. The lowest BCUT2D eigenvalue weighted by Gasteiger charge is -2.28. The third-order valence-corrected chi connectivity index (χ3v) is 5.30. The van der Waals surface area contributed by atoms with Gasteiger partial charge in [0.05, 0.1) is 18.8 Å². The van der Waals surface area contributed by atoms with E-state index in [0.717, 1.165) is 40.5 Å². The number of hydrogen-bond acceptors (Lipinski definition) is 6. The fourth-order valence-electron chi connectivity index (χ4n) is 3.85. The molecule has 1 saturated heterocycles. The molecule has 0 aromatic heterocycles. The van der Waals surface area contributed by atoms with E-state index in [1.807, 2.05) is 36.4 Å². The van der Waals surface area contributed by atoms with Crippen molar-refractivity contribution in [2.24, 2.45) is 5.92 Å². The van der Waals surface area contributed by atoms with Crippen LogP contribution in [0.2, 0.25) is 0 Å². The van der Waals surface area contributed by atoms with E-state index in [4.69, 9.17) is 23.7 Å². The van der Waals surface area contributed by atoms with Crippen molar-refractivity contribution < 1.29 is 28.8 Å². The highest BCUT2D eigenvalue weighted by atomic mass is 16.7. The Morgan fingerprint density at radius 1 is 0.846 bits per heavy atom. The Balaban J connectivity index is 1.34. The first-order valence-electron chi connectivity index (χ1n) is 8.77. The van der Waals surface area contributed by atoms with Crippen molar-refractivity contribution in [1.82, 2.24) is 0 Å². The summed E-state index contributed by atoms with van der Waals surface area (Å²) in [6.07, 6.45) is 1.23. The number of rotatable bonds is 4. The third-order valence-electron chi connectivity index (χ3n) is 5.30. The Morgan fingerprint density at radius 2 is 1.46 bits per heavy atom. The standard InChI is InChI=1S/C20H20O6/c21-20(8-14-2-4-17-19(7-14)26-12-24-17)10-22-9-15(20)5-13-1-3-16-18(6-13)25-11-23-16/h1-4,6-7,15,21H,5,8-12H2. The Kier molecular flexibility index (Phi) is 3.69. The average Bonchev–Trinajstić information content (AvgIpc) is 3.35. The lowest BCUT2D eigenvalue weighted by atomic mass is 9.81. The van der Waals surface area contributed by atoms with Crippen LogP contribution in [-0.4, -0.2) is 37.5 Å². The Hall–Kier alpha value is -2.44. The second kappa shape index (κ2) is 6.07. The molecule has 0 radical (unpaired) electrons. The van der Waals surface area contributed by atoms with Crippen LogP contribution in [0, 0.1) is 5.92 Å². The van der Waals surface area contributed by atoms with Gasteiger partial charge in [0.1, 0.15) is 0 Å². The van der Waals surface area contributed by atoms with Crippen LogP contribution in [0.1, 0.15) is 11.1 Å². The van der Waals surface area contributed by atoms with Crippen molar-refractivity contribution in [1.29, 1.82) is 0 Å². The number of aliphatic hydroxyl groups is 1. The lowest BCUT2D eigenvalue weighted by Crippen LogP contribution is -2.40. The highest BCUT2D eigenvalue weighted by Crippen LogP contribution is 2.38. The van der Waals surface area contributed by atoms with Gasteiger partial charge < -0.3 is 28.8 Å². The molecule has 0 amide bonds. The Labute approximate surface area is 151 Å². The molecule has 0 aliphatic carbocycles. The first kappa shape index (κ1) is 15.8. The van der Waals surface area contributed by atoms with Crippen molar-refractivity contribution >= 4 is 0 Å². The van der Waals surface area contributed by atoms with Crippen LogP contribution in [0.4, 0.5) is 0 Å². The zero-order chi connectivity index (χ0) is 17.6. The van der Waals surface area contributed by atoms with Crippen molar-refractivity contribution in [2.45, 2.75) is 18.4 Å². The molecule has 1 N–H and O–H groups in total. The maximum Gasteiger partial charge on any atom is 0.231 e. The predicted molar refractivity (Wildman–Crippen MR) is 91.8 cm³/mol. The van der Waals surface area contributed by atoms with E-state index in [1.54, 1.807) is 0 Å². The predicted octanol–water partition coefficient (Wildman–Crippen LogP) is 2.31. The first-order chi connectivity index (χ1) is 12.7. The molecule has 0 spiro atoms. The molecule has 3 aliphatic heterocycles. The molecule has 2 aromatic rings. The fraction of sp³-hybridized carbons (Fsp3) is 0.400. The monoisotopic (exact) mass is 356 g/mol. The van der Waals surface area contributed by atoms with Crippen molar-refractivity contribution in [3.63, 3.8) is 0 Å². The lowest BCUT2D eigenvalue weighted by molar-refractivity contribution is 0.00142. The van der Waals surface area contributed by atoms with Gasteiger partial charge in [0, 0.05) is 12.3 Å². The Morgan fingerprint density at radius 3 is 2.19 bits per heavy atom. The minimum Gasteiger partial charge on any atom is -0.454 e. The maximum absolute atomic E-state index is 11.3. The summed E-state index contributed by atoms with van der Waals surface area (Å²) >= 11 is 0. The van der Waals surface area contributed by atoms with Crippen molar-refractivity contribution in [2.75, 3.05) is 26.8 Å². The minimum atomic E-state index is -0.913. The summed E-state index contributed by atoms with van der Waals surface area (Å²) in [5.41, 5.74) is 1.20. The molecule has 136 valence electrons. The number of fused-ring (bicyclic) bond motifs is 2. The van der Waals surface area contributed by atoms with E-state index in [1.165, 1.54) is 0 Å². The van der Waals surface area contributed by atoms with Gasteiger partial charge in [-0.2, -0.15) is 0 Å². The average molecular weight is 356 g/mol. The van der Waals surface area contributed by atoms with E-state index in [9.17, 15) is 5.11 Å². The van der Waals surface area contributed by atoms with Crippen LogP contribution in [0.5, 0.6) is 23.0 Å². The maximum atomic E-state index is 11.3. The molecular weight excluding hydrogens is 336 g/mol. The zero-order valence-electron chi connectivity index (χ0n) is 14.3. The highest BCUT2D eigenvalue weighted by molar-refractivity contribution is 5.46. The molecule has 0 saturated carbocycles. The van der Waals surface area contributed by atoms with Crippen LogP contribution in [0.25, 0.3) is 0 Å². The molecule has 3 heterocycles. The number of hydrogen-bond donors (Lipinski definition) is 1. The van der Waals surface area contributed by atoms with Crippen LogP contribution in [-0.2, 0) is 17.6 Å². The second-order valence-corrected chi connectivity index (χ2v) is 7.07. The largest absolute Gasteiger partial charge is 0.454 e. The van der Waals surface area contributed by atoms with Crippen molar-refractivity contribution in [3.05, 3.63) is 47.5 Å².